The molecule has 0 bridgehead atoms. The van der Waals surface area contributed by atoms with E-state index in [0.29, 0.717) is 32.0 Å². The molecule has 0 aromatic heterocycles. The second-order valence-electron chi connectivity index (χ2n) is 11.0. The molecule has 5 aliphatic rings. The van der Waals surface area contributed by atoms with Crippen LogP contribution in [-0.2, 0) is 9.59 Å². The van der Waals surface area contributed by atoms with Gasteiger partial charge in [-0.05, 0) is 67.8 Å². The van der Waals surface area contributed by atoms with E-state index in [-0.39, 0.29) is 27.4 Å². The van der Waals surface area contributed by atoms with E-state index in [9.17, 15) is 14.7 Å². The summed E-state index contributed by atoms with van der Waals surface area (Å²) in [4.78, 5) is 24.1. The van der Waals surface area contributed by atoms with Crippen LogP contribution in [0.3, 0.4) is 0 Å². The van der Waals surface area contributed by atoms with Gasteiger partial charge in [-0.15, -0.1) is 0 Å². The van der Waals surface area contributed by atoms with Gasteiger partial charge in [-0.3, -0.25) is 9.59 Å². The number of aldehydes is 1. The van der Waals surface area contributed by atoms with Crippen LogP contribution in [0, 0.1) is 34.0 Å². The Morgan fingerprint density at radius 1 is 1.28 bits per heavy atom. The minimum absolute atomic E-state index is 0.0136. The lowest BCUT2D eigenvalue weighted by Gasteiger charge is -2.67. The largest absolute Gasteiger partial charge is 0.390 e. The molecule has 0 unspecified atom stereocenters. The summed E-state index contributed by atoms with van der Waals surface area (Å²) in [5.74, 6) is -0.730. The molecule has 5 heteroatoms. The Balaban J connectivity index is 1.69. The smallest absolute Gasteiger partial charge is 0.157 e. The summed E-state index contributed by atoms with van der Waals surface area (Å²) in [5.41, 5.74) is -1.86. The standard InChI is InChI=1S/C24H31FO3S/c1-21-8-4-15(27)10-14(21)11-16(18(29)13-26)20-17-5-9-23(6-3-7-23)22(17,2)12-19(28)24(20,21)25/h10,13,16-17,19-20,28H,3-9,11-12H2,1-2H3/t16-,17-,19-,20-,21-,22-,24+/m0/s1. The minimum Gasteiger partial charge on any atom is -0.390 e. The minimum atomic E-state index is -1.85. The Morgan fingerprint density at radius 3 is 2.62 bits per heavy atom. The summed E-state index contributed by atoms with van der Waals surface area (Å²) in [6.07, 6.45) is 8.47. The summed E-state index contributed by atoms with van der Waals surface area (Å²) < 4.78 is 17.4. The Labute approximate surface area is 177 Å². The lowest BCUT2D eigenvalue weighted by atomic mass is 9.39. The highest BCUT2D eigenvalue weighted by molar-refractivity contribution is 7.81. The van der Waals surface area contributed by atoms with E-state index in [1.165, 1.54) is 19.3 Å². The first kappa shape index (κ1) is 20.0. The van der Waals surface area contributed by atoms with Gasteiger partial charge in [0.05, 0.1) is 11.0 Å². The topological polar surface area (TPSA) is 54.4 Å². The average Bonchev–Trinajstić information content (AvgIpc) is 2.95. The number of alkyl halides is 1. The van der Waals surface area contributed by atoms with Crippen molar-refractivity contribution in [3.8, 4) is 0 Å². The van der Waals surface area contributed by atoms with Crippen molar-refractivity contribution in [2.75, 3.05) is 0 Å². The number of halogens is 1. The fourth-order valence-corrected chi connectivity index (χ4v) is 8.81. The second-order valence-corrected chi connectivity index (χ2v) is 11.5. The molecule has 4 saturated carbocycles. The fourth-order valence-electron chi connectivity index (χ4n) is 8.58. The van der Waals surface area contributed by atoms with E-state index in [2.05, 4.69) is 6.92 Å². The number of hydrogen-bond donors (Lipinski definition) is 1. The van der Waals surface area contributed by atoms with Gasteiger partial charge in [0.25, 0.3) is 0 Å². The summed E-state index contributed by atoms with van der Waals surface area (Å²) in [6, 6.07) is 0. The number of allylic oxidation sites excluding steroid dienone is 1. The molecular weight excluding hydrogens is 387 g/mol. The summed E-state index contributed by atoms with van der Waals surface area (Å²) in [7, 11) is 0. The predicted molar refractivity (Wildman–Crippen MR) is 112 cm³/mol. The lowest BCUT2D eigenvalue weighted by Crippen LogP contribution is -2.70. The third-order valence-electron chi connectivity index (χ3n) is 10.4. The van der Waals surface area contributed by atoms with E-state index < -0.39 is 29.0 Å². The molecule has 1 spiro atoms. The molecule has 0 amide bonds. The van der Waals surface area contributed by atoms with Gasteiger partial charge in [-0.1, -0.05) is 38.1 Å². The van der Waals surface area contributed by atoms with Gasteiger partial charge in [-0.25, -0.2) is 4.39 Å². The predicted octanol–water partition coefficient (Wildman–Crippen LogP) is 4.55. The molecule has 29 heavy (non-hydrogen) atoms. The van der Waals surface area contributed by atoms with Crippen molar-refractivity contribution in [2.45, 2.75) is 83.4 Å². The molecule has 5 aliphatic carbocycles. The molecule has 5 rings (SSSR count). The van der Waals surface area contributed by atoms with Crippen molar-refractivity contribution in [3.05, 3.63) is 11.6 Å². The van der Waals surface area contributed by atoms with Gasteiger partial charge < -0.3 is 5.11 Å². The van der Waals surface area contributed by atoms with Gasteiger partial charge in [0, 0.05) is 23.7 Å². The molecule has 0 aromatic carbocycles. The van der Waals surface area contributed by atoms with Crippen LogP contribution in [-0.4, -0.2) is 33.8 Å². The van der Waals surface area contributed by atoms with Gasteiger partial charge in [0.1, 0.15) is 5.67 Å². The van der Waals surface area contributed by atoms with Crippen LogP contribution < -0.4 is 0 Å². The number of hydrogen-bond acceptors (Lipinski definition) is 4. The summed E-state index contributed by atoms with van der Waals surface area (Å²) in [5, 5.41) is 11.5. The highest BCUT2D eigenvalue weighted by Crippen LogP contribution is 2.76. The monoisotopic (exact) mass is 418 g/mol. The number of rotatable bonds is 2. The number of aliphatic hydroxyl groups is 1. The number of aliphatic hydroxyl groups excluding tert-OH is 1. The normalized spacial score (nSPS) is 50.1. The van der Waals surface area contributed by atoms with Crippen LogP contribution >= 0.6 is 12.2 Å². The zero-order valence-electron chi connectivity index (χ0n) is 17.4. The molecule has 0 aromatic rings. The number of ketones is 1. The third kappa shape index (κ3) is 2.19. The molecule has 0 heterocycles. The zero-order chi connectivity index (χ0) is 20.8. The Kier molecular flexibility index (Phi) is 4.18. The van der Waals surface area contributed by atoms with Crippen molar-refractivity contribution in [1.29, 1.82) is 0 Å². The Bertz CT molecular complexity index is 832. The lowest BCUT2D eigenvalue weighted by molar-refractivity contribution is -0.231. The third-order valence-corrected chi connectivity index (χ3v) is 10.8. The quantitative estimate of drug-likeness (QED) is 0.528. The van der Waals surface area contributed by atoms with Crippen molar-refractivity contribution >= 4 is 29.2 Å². The second kappa shape index (κ2) is 6.06. The summed E-state index contributed by atoms with van der Waals surface area (Å²) in [6.45, 7) is 4.17. The maximum atomic E-state index is 17.4. The van der Waals surface area contributed by atoms with Crippen molar-refractivity contribution in [2.24, 2.45) is 34.0 Å². The van der Waals surface area contributed by atoms with Crippen LogP contribution in [0.2, 0.25) is 0 Å². The first-order valence-electron chi connectivity index (χ1n) is 11.2. The number of fused-ring (bicyclic) bond motifs is 6. The van der Waals surface area contributed by atoms with E-state index in [4.69, 9.17) is 12.2 Å². The van der Waals surface area contributed by atoms with Gasteiger partial charge in [-0.2, -0.15) is 0 Å². The van der Waals surface area contributed by atoms with Gasteiger partial charge in [0.2, 0.25) is 0 Å². The molecule has 0 radical (unpaired) electrons. The van der Waals surface area contributed by atoms with Crippen molar-refractivity contribution in [1.82, 2.24) is 0 Å². The van der Waals surface area contributed by atoms with Crippen molar-refractivity contribution < 1.29 is 19.1 Å². The molecule has 7 atom stereocenters. The number of thiocarbonyl (C=S) groups is 1. The average molecular weight is 419 g/mol. The molecule has 1 N–H and O–H groups in total. The molecule has 4 fully saturated rings. The van der Waals surface area contributed by atoms with Crippen LogP contribution in [0.25, 0.3) is 0 Å². The van der Waals surface area contributed by atoms with Crippen LogP contribution in [0.5, 0.6) is 0 Å². The maximum Gasteiger partial charge on any atom is 0.157 e. The molecule has 0 aliphatic heterocycles. The Morgan fingerprint density at radius 2 is 2.00 bits per heavy atom. The highest BCUT2D eigenvalue weighted by atomic mass is 32.1. The first-order valence-corrected chi connectivity index (χ1v) is 11.6. The highest BCUT2D eigenvalue weighted by Gasteiger charge is 2.75. The van der Waals surface area contributed by atoms with Crippen molar-refractivity contribution in [3.63, 3.8) is 0 Å². The molecule has 158 valence electrons. The molecule has 0 saturated heterocycles. The van der Waals surface area contributed by atoms with E-state index in [1.807, 2.05) is 6.92 Å². The zero-order valence-corrected chi connectivity index (χ0v) is 18.2. The number of carbonyl (C=O) groups excluding carboxylic acids is 2. The van der Waals surface area contributed by atoms with Gasteiger partial charge in [0.15, 0.2) is 12.1 Å². The van der Waals surface area contributed by atoms with E-state index in [1.54, 1.807) is 6.08 Å². The number of carbonyl (C=O) groups is 2. The molecule has 3 nitrogen and oxygen atoms in total. The van der Waals surface area contributed by atoms with Crippen LogP contribution in [0.1, 0.15) is 71.6 Å². The van der Waals surface area contributed by atoms with Crippen LogP contribution in [0.15, 0.2) is 11.6 Å². The maximum absolute atomic E-state index is 17.4. The van der Waals surface area contributed by atoms with Crippen LogP contribution in [0.4, 0.5) is 4.39 Å². The van der Waals surface area contributed by atoms with E-state index in [0.717, 1.165) is 18.4 Å². The SMILES string of the molecule is C[C@]12C[C@H](O)[C@@]3(F)[C@@H]([C@H](C(=S)C=O)CC4=CC(=O)CC[C@@]43C)[C@@H]1CCC21CCC1. The van der Waals surface area contributed by atoms with E-state index >= 15 is 4.39 Å². The van der Waals surface area contributed by atoms with Gasteiger partial charge >= 0.3 is 0 Å². The summed E-state index contributed by atoms with van der Waals surface area (Å²) >= 11 is 5.46. The molecular formula is C24H31FO3S. The first-order chi connectivity index (χ1) is 13.6. The Hall–Kier alpha value is -0.940. The fraction of sp³-hybridized carbons (Fsp3) is 0.792.